The molecule has 25 heavy (non-hydrogen) atoms. The fourth-order valence-corrected chi connectivity index (χ4v) is 2.98. The van der Waals surface area contributed by atoms with E-state index in [-0.39, 0.29) is 18.7 Å². The number of amides is 4. The molecule has 3 aliphatic heterocycles. The highest BCUT2D eigenvalue weighted by molar-refractivity contribution is 6.01. The molecular formula is C15H22N4O6. The van der Waals surface area contributed by atoms with Gasteiger partial charge < -0.3 is 19.4 Å². The van der Waals surface area contributed by atoms with Crippen LogP contribution in [0.2, 0.25) is 0 Å². The lowest BCUT2D eigenvalue weighted by Crippen LogP contribution is -2.54. The number of ether oxygens (including phenoxy) is 1. The van der Waals surface area contributed by atoms with Crippen LogP contribution in [0.25, 0.3) is 0 Å². The number of morpholine rings is 1. The zero-order chi connectivity index (χ0) is 17.8. The van der Waals surface area contributed by atoms with Crippen molar-refractivity contribution in [1.82, 2.24) is 19.8 Å². The maximum absolute atomic E-state index is 12.3. The van der Waals surface area contributed by atoms with Crippen LogP contribution in [0.5, 0.6) is 0 Å². The first kappa shape index (κ1) is 17.6. The molecule has 10 heteroatoms. The number of nitrogens with zero attached hydrogens (tertiary/aromatic N) is 4. The minimum atomic E-state index is -0.733. The highest BCUT2D eigenvalue weighted by Gasteiger charge is 2.35. The van der Waals surface area contributed by atoms with Crippen LogP contribution in [-0.2, 0) is 24.0 Å². The largest absolute Gasteiger partial charge is 0.434 e. The van der Waals surface area contributed by atoms with Crippen molar-refractivity contribution in [2.75, 3.05) is 59.0 Å². The molecule has 3 saturated heterocycles. The molecule has 0 spiro atoms. The molecule has 0 N–H and O–H groups in total. The van der Waals surface area contributed by atoms with Crippen LogP contribution in [0.4, 0.5) is 4.79 Å². The van der Waals surface area contributed by atoms with E-state index in [0.717, 1.165) is 13.1 Å². The van der Waals surface area contributed by atoms with Gasteiger partial charge in [0.15, 0.2) is 0 Å². The number of hydroxylamine groups is 2. The lowest BCUT2D eigenvalue weighted by atomic mass is 10.3. The Balaban J connectivity index is 1.43. The zero-order valence-electron chi connectivity index (χ0n) is 14.0. The molecule has 3 fully saturated rings. The van der Waals surface area contributed by atoms with E-state index in [9.17, 15) is 19.2 Å². The lowest BCUT2D eigenvalue weighted by molar-refractivity contribution is -0.174. The van der Waals surface area contributed by atoms with Gasteiger partial charge in [0, 0.05) is 52.1 Å². The smallest absolute Gasteiger partial charge is 0.379 e. The Labute approximate surface area is 145 Å². The Kier molecular flexibility index (Phi) is 5.49. The van der Waals surface area contributed by atoms with Crippen LogP contribution in [0.3, 0.4) is 0 Å². The van der Waals surface area contributed by atoms with Gasteiger partial charge in [-0.25, -0.2) is 4.79 Å². The number of piperazine rings is 1. The van der Waals surface area contributed by atoms with Crippen LogP contribution in [0.15, 0.2) is 0 Å². The number of imide groups is 1. The molecular weight excluding hydrogens is 332 g/mol. The highest BCUT2D eigenvalue weighted by Crippen LogP contribution is 2.14. The van der Waals surface area contributed by atoms with Gasteiger partial charge in [-0.3, -0.25) is 19.3 Å². The topological polar surface area (TPSA) is 99.7 Å². The molecule has 0 aromatic carbocycles. The maximum Gasteiger partial charge on any atom is 0.434 e. The average molecular weight is 354 g/mol. The van der Waals surface area contributed by atoms with Gasteiger partial charge >= 0.3 is 6.09 Å². The van der Waals surface area contributed by atoms with Crippen LogP contribution in [-0.4, -0.2) is 103 Å². The summed E-state index contributed by atoms with van der Waals surface area (Å²) < 4.78 is 5.26. The summed E-state index contributed by atoms with van der Waals surface area (Å²) in [6.07, 6.45) is -0.602. The SMILES string of the molecule is O=C(CN1CCOCC1)N1CCN(C(=O)ON2C(=O)CCC2=O)CC1. The summed E-state index contributed by atoms with van der Waals surface area (Å²) in [6.45, 7) is 4.55. The fourth-order valence-electron chi connectivity index (χ4n) is 2.98. The van der Waals surface area contributed by atoms with E-state index in [1.54, 1.807) is 4.90 Å². The molecule has 0 atom stereocenters. The van der Waals surface area contributed by atoms with E-state index in [2.05, 4.69) is 4.90 Å². The minimum Gasteiger partial charge on any atom is -0.379 e. The Morgan fingerprint density at radius 1 is 0.880 bits per heavy atom. The van der Waals surface area contributed by atoms with Crippen molar-refractivity contribution in [2.24, 2.45) is 0 Å². The second-order valence-electron chi connectivity index (χ2n) is 6.20. The first-order valence-corrected chi connectivity index (χ1v) is 8.45. The van der Waals surface area contributed by atoms with Crippen molar-refractivity contribution in [2.45, 2.75) is 12.8 Å². The highest BCUT2D eigenvalue weighted by atomic mass is 16.7. The van der Waals surface area contributed by atoms with Crippen LogP contribution >= 0.6 is 0 Å². The molecule has 0 radical (unpaired) electrons. The molecule has 0 saturated carbocycles. The second-order valence-corrected chi connectivity index (χ2v) is 6.20. The molecule has 0 unspecified atom stereocenters. The van der Waals surface area contributed by atoms with Crippen molar-refractivity contribution >= 4 is 23.8 Å². The summed E-state index contributed by atoms with van der Waals surface area (Å²) >= 11 is 0. The summed E-state index contributed by atoms with van der Waals surface area (Å²) in [4.78, 5) is 57.4. The van der Waals surface area contributed by atoms with Gasteiger partial charge in [-0.2, -0.15) is 0 Å². The predicted octanol–water partition coefficient (Wildman–Crippen LogP) is -1.34. The van der Waals surface area contributed by atoms with E-state index >= 15 is 0 Å². The molecule has 138 valence electrons. The third-order valence-electron chi connectivity index (χ3n) is 4.53. The van der Waals surface area contributed by atoms with Crippen molar-refractivity contribution < 1.29 is 28.8 Å². The van der Waals surface area contributed by atoms with Crippen molar-refractivity contribution in [3.8, 4) is 0 Å². The maximum atomic E-state index is 12.3. The van der Waals surface area contributed by atoms with Gasteiger partial charge in [0.05, 0.1) is 19.8 Å². The Hall–Kier alpha value is -2.20. The predicted molar refractivity (Wildman–Crippen MR) is 83.0 cm³/mol. The van der Waals surface area contributed by atoms with Crippen molar-refractivity contribution in [3.05, 3.63) is 0 Å². The van der Waals surface area contributed by atoms with Crippen LogP contribution in [0.1, 0.15) is 12.8 Å². The quantitative estimate of drug-likeness (QED) is 0.579. The fraction of sp³-hybridized carbons (Fsp3) is 0.733. The van der Waals surface area contributed by atoms with Crippen molar-refractivity contribution in [1.29, 1.82) is 0 Å². The van der Waals surface area contributed by atoms with Crippen LogP contribution < -0.4 is 0 Å². The third kappa shape index (κ3) is 4.26. The van der Waals surface area contributed by atoms with E-state index in [0.29, 0.717) is 51.0 Å². The van der Waals surface area contributed by atoms with Crippen LogP contribution in [0, 0.1) is 0 Å². The van der Waals surface area contributed by atoms with Crippen molar-refractivity contribution in [3.63, 3.8) is 0 Å². The van der Waals surface area contributed by atoms with E-state index in [4.69, 9.17) is 9.57 Å². The Morgan fingerprint density at radius 2 is 1.44 bits per heavy atom. The molecule has 0 aromatic heterocycles. The molecule has 0 aliphatic carbocycles. The summed E-state index contributed by atoms with van der Waals surface area (Å²) in [5, 5.41) is 0.540. The second kappa shape index (κ2) is 7.79. The number of carbonyl (C=O) groups excluding carboxylic acids is 4. The van der Waals surface area contributed by atoms with Gasteiger partial charge in [-0.15, -0.1) is 5.06 Å². The summed E-state index contributed by atoms with van der Waals surface area (Å²) in [6, 6.07) is 0. The van der Waals surface area contributed by atoms with E-state index in [1.165, 1.54) is 4.90 Å². The number of hydrogen-bond donors (Lipinski definition) is 0. The average Bonchev–Trinajstić information content (AvgIpc) is 2.94. The lowest BCUT2D eigenvalue weighted by Gasteiger charge is -2.36. The molecule has 3 heterocycles. The molecule has 0 bridgehead atoms. The first-order valence-electron chi connectivity index (χ1n) is 8.45. The standard InChI is InChI=1S/C15H22N4O6/c20-12-1-2-13(21)19(12)25-15(23)18-5-3-17(4-6-18)14(22)11-16-7-9-24-10-8-16/h1-11H2. The van der Waals surface area contributed by atoms with Gasteiger partial charge in [0.25, 0.3) is 11.8 Å². The Morgan fingerprint density at radius 3 is 2.04 bits per heavy atom. The molecule has 0 aromatic rings. The first-order chi connectivity index (χ1) is 12.0. The van der Waals surface area contributed by atoms with Gasteiger partial charge in [0.2, 0.25) is 5.91 Å². The number of rotatable bonds is 3. The zero-order valence-corrected chi connectivity index (χ0v) is 14.0. The minimum absolute atomic E-state index is 0.0276. The Bertz CT molecular complexity index is 538. The summed E-state index contributed by atoms with van der Waals surface area (Å²) in [5.74, 6) is -0.977. The number of hydrogen-bond acceptors (Lipinski definition) is 7. The summed E-state index contributed by atoms with van der Waals surface area (Å²) in [7, 11) is 0. The number of carbonyl (C=O) groups is 4. The van der Waals surface area contributed by atoms with E-state index in [1.807, 2.05) is 0 Å². The molecule has 10 nitrogen and oxygen atoms in total. The van der Waals surface area contributed by atoms with Gasteiger partial charge in [-0.05, 0) is 0 Å². The molecule has 3 aliphatic rings. The van der Waals surface area contributed by atoms with Gasteiger partial charge in [0.1, 0.15) is 0 Å². The van der Waals surface area contributed by atoms with E-state index < -0.39 is 17.9 Å². The monoisotopic (exact) mass is 354 g/mol. The van der Waals surface area contributed by atoms with Gasteiger partial charge in [-0.1, -0.05) is 0 Å². The molecule has 3 rings (SSSR count). The normalized spacial score (nSPS) is 22.5. The molecule has 4 amide bonds. The summed E-state index contributed by atoms with van der Waals surface area (Å²) in [5.41, 5.74) is 0. The third-order valence-corrected chi connectivity index (χ3v) is 4.53.